The van der Waals surface area contributed by atoms with Gasteiger partial charge in [0.05, 0.1) is 11.4 Å². The third kappa shape index (κ3) is 2.73. The van der Waals surface area contributed by atoms with Crippen LogP contribution in [0.2, 0.25) is 0 Å². The molecule has 0 amide bonds. The summed E-state index contributed by atoms with van der Waals surface area (Å²) in [7, 11) is 0. The molecule has 0 fully saturated rings. The number of aliphatic carboxylic acids is 1. The molecule has 0 unspecified atom stereocenters. The van der Waals surface area contributed by atoms with E-state index in [0.717, 1.165) is 28.7 Å². The van der Waals surface area contributed by atoms with Crippen molar-refractivity contribution in [2.45, 2.75) is 20.8 Å². The van der Waals surface area contributed by atoms with Gasteiger partial charge in [0.1, 0.15) is 0 Å². The van der Waals surface area contributed by atoms with Crippen LogP contribution in [0.4, 0.5) is 0 Å². The first kappa shape index (κ1) is 13.1. The second kappa shape index (κ2) is 5.10. The van der Waals surface area contributed by atoms with Crippen LogP contribution in [0, 0.1) is 20.8 Å². The summed E-state index contributed by atoms with van der Waals surface area (Å²) < 4.78 is 1.83. The highest BCUT2D eigenvalue weighted by molar-refractivity contribution is 5.85. The van der Waals surface area contributed by atoms with E-state index in [1.54, 1.807) is 6.08 Å². The summed E-state index contributed by atoms with van der Waals surface area (Å²) >= 11 is 0. The lowest BCUT2D eigenvalue weighted by Gasteiger charge is -2.04. The van der Waals surface area contributed by atoms with E-state index in [1.165, 1.54) is 5.56 Å². The zero-order chi connectivity index (χ0) is 14.0. The number of nitrogens with zero attached hydrogens (tertiary/aromatic N) is 2. The van der Waals surface area contributed by atoms with E-state index in [4.69, 9.17) is 5.11 Å². The molecular formula is C15H16N2O2. The molecule has 0 saturated carbocycles. The van der Waals surface area contributed by atoms with E-state index >= 15 is 0 Å². The van der Waals surface area contributed by atoms with Gasteiger partial charge in [-0.1, -0.05) is 17.7 Å². The first-order valence-corrected chi connectivity index (χ1v) is 6.03. The maximum atomic E-state index is 10.6. The van der Waals surface area contributed by atoms with E-state index in [0.29, 0.717) is 0 Å². The average molecular weight is 256 g/mol. The predicted octanol–water partition coefficient (Wildman–Crippen LogP) is 2.90. The van der Waals surface area contributed by atoms with Gasteiger partial charge < -0.3 is 5.11 Å². The van der Waals surface area contributed by atoms with Crippen LogP contribution in [-0.2, 0) is 4.79 Å². The molecule has 2 aromatic rings. The zero-order valence-electron chi connectivity index (χ0n) is 11.2. The Morgan fingerprint density at radius 3 is 2.42 bits per heavy atom. The number of carbonyl (C=O) groups is 1. The lowest BCUT2D eigenvalue weighted by molar-refractivity contribution is -0.131. The fourth-order valence-electron chi connectivity index (χ4n) is 1.99. The summed E-state index contributed by atoms with van der Waals surface area (Å²) in [6.45, 7) is 5.84. The van der Waals surface area contributed by atoms with Crippen molar-refractivity contribution in [2.24, 2.45) is 0 Å². The summed E-state index contributed by atoms with van der Waals surface area (Å²) in [5.41, 5.74) is 4.76. The molecule has 0 radical (unpaired) electrons. The van der Waals surface area contributed by atoms with Crippen LogP contribution in [0.5, 0.6) is 0 Å². The molecule has 19 heavy (non-hydrogen) atoms. The summed E-state index contributed by atoms with van der Waals surface area (Å²) in [4.78, 5) is 10.6. The van der Waals surface area contributed by atoms with Crippen LogP contribution in [0.15, 0.2) is 30.3 Å². The fraction of sp³-hybridized carbons (Fsp3) is 0.200. The van der Waals surface area contributed by atoms with Gasteiger partial charge in [0.25, 0.3) is 0 Å². The Balaban J connectivity index is 2.46. The highest BCUT2D eigenvalue weighted by atomic mass is 16.4. The zero-order valence-corrected chi connectivity index (χ0v) is 11.2. The number of aromatic nitrogens is 2. The van der Waals surface area contributed by atoms with Crippen molar-refractivity contribution in [3.05, 3.63) is 52.9 Å². The molecule has 0 atom stereocenters. The molecule has 2 rings (SSSR count). The number of hydrogen-bond acceptors (Lipinski definition) is 2. The Hall–Kier alpha value is -2.36. The fourth-order valence-corrected chi connectivity index (χ4v) is 1.99. The van der Waals surface area contributed by atoms with Crippen LogP contribution < -0.4 is 0 Å². The molecule has 1 aromatic heterocycles. The molecule has 0 aliphatic rings. The number of benzene rings is 1. The second-order valence-corrected chi connectivity index (χ2v) is 4.50. The van der Waals surface area contributed by atoms with Crippen molar-refractivity contribution in [3.63, 3.8) is 0 Å². The van der Waals surface area contributed by atoms with Gasteiger partial charge in [-0.15, -0.1) is 0 Å². The van der Waals surface area contributed by atoms with E-state index in [2.05, 4.69) is 5.10 Å². The van der Waals surface area contributed by atoms with Gasteiger partial charge in [-0.3, -0.25) is 0 Å². The molecule has 0 saturated heterocycles. The molecule has 4 nitrogen and oxygen atoms in total. The minimum absolute atomic E-state index is 0.815. The number of aryl methyl sites for hydroxylation is 2. The second-order valence-electron chi connectivity index (χ2n) is 4.50. The maximum Gasteiger partial charge on any atom is 0.328 e. The van der Waals surface area contributed by atoms with E-state index in [-0.39, 0.29) is 0 Å². The Morgan fingerprint density at radius 1 is 1.21 bits per heavy atom. The number of hydrogen-bond donors (Lipinski definition) is 1. The molecule has 0 bridgehead atoms. The Labute approximate surface area is 112 Å². The standard InChI is InChI=1S/C15H16N2O2/c1-10-4-6-13(7-5-10)17-12(3)14(11(2)16-17)8-9-15(18)19/h4-9H,1-3H3,(H,18,19)/b9-8+. The van der Waals surface area contributed by atoms with Crippen molar-refractivity contribution in [1.29, 1.82) is 0 Å². The monoisotopic (exact) mass is 256 g/mol. The average Bonchev–Trinajstić information content (AvgIpc) is 2.63. The predicted molar refractivity (Wildman–Crippen MR) is 74.4 cm³/mol. The third-order valence-electron chi connectivity index (χ3n) is 3.02. The maximum absolute atomic E-state index is 10.6. The van der Waals surface area contributed by atoms with Crippen molar-refractivity contribution >= 4 is 12.0 Å². The van der Waals surface area contributed by atoms with Crippen LogP contribution in [0.1, 0.15) is 22.5 Å². The van der Waals surface area contributed by atoms with Crippen molar-refractivity contribution in [1.82, 2.24) is 9.78 Å². The normalized spacial score (nSPS) is 11.1. The lowest BCUT2D eigenvalue weighted by Crippen LogP contribution is -1.99. The van der Waals surface area contributed by atoms with Gasteiger partial charge in [-0.2, -0.15) is 5.10 Å². The topological polar surface area (TPSA) is 55.1 Å². The van der Waals surface area contributed by atoms with Crippen LogP contribution in [-0.4, -0.2) is 20.9 Å². The van der Waals surface area contributed by atoms with Crippen LogP contribution in [0.25, 0.3) is 11.8 Å². The van der Waals surface area contributed by atoms with Crippen LogP contribution in [0.3, 0.4) is 0 Å². The van der Waals surface area contributed by atoms with E-state index < -0.39 is 5.97 Å². The number of carboxylic acid groups (broad SMARTS) is 1. The molecule has 1 heterocycles. The van der Waals surface area contributed by atoms with E-state index in [9.17, 15) is 4.79 Å². The summed E-state index contributed by atoms with van der Waals surface area (Å²) in [5, 5.41) is 13.2. The molecule has 4 heteroatoms. The van der Waals surface area contributed by atoms with Crippen molar-refractivity contribution < 1.29 is 9.90 Å². The summed E-state index contributed by atoms with van der Waals surface area (Å²) in [6, 6.07) is 8.05. The molecule has 0 aliphatic carbocycles. The largest absolute Gasteiger partial charge is 0.478 e. The smallest absolute Gasteiger partial charge is 0.328 e. The highest BCUT2D eigenvalue weighted by Gasteiger charge is 2.10. The molecule has 0 spiro atoms. The van der Waals surface area contributed by atoms with Crippen molar-refractivity contribution in [2.75, 3.05) is 0 Å². The molecule has 1 aromatic carbocycles. The minimum atomic E-state index is -0.957. The van der Waals surface area contributed by atoms with Gasteiger partial charge in [0, 0.05) is 17.3 Å². The number of carboxylic acids is 1. The SMILES string of the molecule is Cc1ccc(-n2nc(C)c(/C=C/C(=O)O)c2C)cc1. The van der Waals surface area contributed by atoms with Gasteiger partial charge in [0.2, 0.25) is 0 Å². The molecular weight excluding hydrogens is 240 g/mol. The van der Waals surface area contributed by atoms with Crippen LogP contribution >= 0.6 is 0 Å². The highest BCUT2D eigenvalue weighted by Crippen LogP contribution is 2.19. The number of rotatable bonds is 3. The lowest BCUT2D eigenvalue weighted by atomic mass is 10.2. The Morgan fingerprint density at radius 2 is 1.84 bits per heavy atom. The van der Waals surface area contributed by atoms with Crippen molar-refractivity contribution in [3.8, 4) is 5.69 Å². The Kier molecular flexibility index (Phi) is 3.51. The van der Waals surface area contributed by atoms with Gasteiger partial charge in [-0.05, 0) is 39.0 Å². The van der Waals surface area contributed by atoms with Gasteiger partial charge in [0.15, 0.2) is 0 Å². The molecule has 1 N–H and O–H groups in total. The van der Waals surface area contributed by atoms with Gasteiger partial charge in [-0.25, -0.2) is 9.48 Å². The van der Waals surface area contributed by atoms with E-state index in [1.807, 2.05) is 49.7 Å². The molecule has 98 valence electrons. The minimum Gasteiger partial charge on any atom is -0.478 e. The summed E-state index contributed by atoms with van der Waals surface area (Å²) in [6.07, 6.45) is 2.72. The first-order valence-electron chi connectivity index (χ1n) is 6.03. The summed E-state index contributed by atoms with van der Waals surface area (Å²) in [5.74, 6) is -0.957. The third-order valence-corrected chi connectivity index (χ3v) is 3.02. The Bertz CT molecular complexity index is 637. The van der Waals surface area contributed by atoms with Gasteiger partial charge >= 0.3 is 5.97 Å². The molecule has 0 aliphatic heterocycles. The first-order chi connectivity index (χ1) is 8.99. The quantitative estimate of drug-likeness (QED) is 0.859.